The first-order valence-electron chi connectivity index (χ1n) is 23.1. The molecular formula is C48H90N4. The molecular weight excluding hydrogens is 633 g/mol. The van der Waals surface area contributed by atoms with Crippen LogP contribution in [0.1, 0.15) is 209 Å². The summed E-state index contributed by atoms with van der Waals surface area (Å²) < 4.78 is 0. The highest BCUT2D eigenvalue weighted by Crippen LogP contribution is 2.73. The number of unbranched alkanes of at least 4 members (excludes halogenated alkanes) is 10. The van der Waals surface area contributed by atoms with E-state index >= 15 is 0 Å². The molecule has 0 spiro atoms. The number of hydrogen-bond acceptors (Lipinski definition) is 4. The summed E-state index contributed by atoms with van der Waals surface area (Å²) in [6.45, 7) is 23.7. The van der Waals surface area contributed by atoms with E-state index in [1.54, 1.807) is 5.57 Å². The third-order valence-electron chi connectivity index (χ3n) is 17.1. The van der Waals surface area contributed by atoms with Crippen LogP contribution in [0.5, 0.6) is 0 Å². The molecule has 0 heterocycles. The topological polar surface area (TPSA) is 90.1 Å². The van der Waals surface area contributed by atoms with Crippen molar-refractivity contribution < 1.29 is 0 Å². The molecule has 3 fully saturated rings. The fourth-order valence-corrected chi connectivity index (χ4v) is 12.7. The Morgan fingerprint density at radius 1 is 0.808 bits per heavy atom. The lowest BCUT2D eigenvalue weighted by atomic mass is 9.37. The van der Waals surface area contributed by atoms with Crippen LogP contribution in [0, 0.1) is 45.8 Å². The first kappa shape index (κ1) is 43.9. The van der Waals surface area contributed by atoms with Gasteiger partial charge in [0.05, 0.1) is 0 Å². The molecule has 0 aromatic carbocycles. The molecule has 0 amide bonds. The minimum absolute atomic E-state index is 0.00673. The van der Waals surface area contributed by atoms with Crippen molar-refractivity contribution in [1.29, 1.82) is 0 Å². The van der Waals surface area contributed by atoms with E-state index in [0.29, 0.717) is 17.8 Å². The lowest BCUT2D eigenvalue weighted by Crippen LogP contribution is -2.73. The zero-order chi connectivity index (χ0) is 38.0. The van der Waals surface area contributed by atoms with E-state index in [2.05, 4.69) is 66.4 Å². The summed E-state index contributed by atoms with van der Waals surface area (Å²) in [5, 5.41) is 3.73. The summed E-state index contributed by atoms with van der Waals surface area (Å²) >= 11 is 0. The Bertz CT molecular complexity index is 1130. The Balaban J connectivity index is 1.16. The highest BCUT2D eigenvalue weighted by Gasteiger charge is 2.72. The maximum absolute atomic E-state index is 7.81. The van der Waals surface area contributed by atoms with Crippen molar-refractivity contribution in [2.75, 3.05) is 13.1 Å². The first-order chi connectivity index (χ1) is 24.7. The fourth-order valence-electron chi connectivity index (χ4n) is 12.7. The second kappa shape index (κ2) is 19.3. The standard InChI is InChI=1S/C48H90N4/c1-9-40(36-49)24-19-17-15-13-11-10-12-14-16-18-20-33-52-39(5)34-41-27-28-44(6)42(35-41)25-26-43-45(44,7)29-30-46(8)47(50,31-32-48(43,46)51)38(4)23-21-22-37(2)3/h25,37-38,40-41,43,52H,5,9-24,26-36,49-51H2,1-4,6-8H3/t38-,40?,41?,43?,44?,45+,46?,47+,48-/m1/s1. The highest BCUT2D eigenvalue weighted by molar-refractivity contribution is 5.34. The van der Waals surface area contributed by atoms with Crippen LogP contribution >= 0.6 is 0 Å². The predicted octanol–water partition coefficient (Wildman–Crippen LogP) is 12.4. The first-order valence-corrected chi connectivity index (χ1v) is 23.1. The molecule has 0 aromatic heterocycles. The molecule has 7 N–H and O–H groups in total. The summed E-state index contributed by atoms with van der Waals surface area (Å²) in [6, 6.07) is 0. The van der Waals surface area contributed by atoms with E-state index in [4.69, 9.17) is 17.2 Å². The molecule has 0 radical (unpaired) electrons. The summed E-state index contributed by atoms with van der Waals surface area (Å²) in [6.07, 6.45) is 35.1. The molecule has 0 saturated heterocycles. The number of allylic oxidation sites excluding steroid dienone is 3. The van der Waals surface area contributed by atoms with E-state index in [9.17, 15) is 0 Å². The predicted molar refractivity (Wildman–Crippen MR) is 228 cm³/mol. The second-order valence-corrected chi connectivity index (χ2v) is 20.4. The largest absolute Gasteiger partial charge is 0.389 e. The molecule has 5 unspecified atom stereocenters. The Morgan fingerprint density at radius 3 is 2.06 bits per heavy atom. The lowest BCUT2D eigenvalue weighted by molar-refractivity contribution is -0.133. The Hall–Kier alpha value is -0.840. The van der Waals surface area contributed by atoms with Crippen LogP contribution in [-0.2, 0) is 0 Å². The van der Waals surface area contributed by atoms with Gasteiger partial charge in [-0.25, -0.2) is 0 Å². The van der Waals surface area contributed by atoms with Crippen LogP contribution in [0.25, 0.3) is 0 Å². The zero-order valence-corrected chi connectivity index (χ0v) is 36.0. The molecule has 302 valence electrons. The Kier molecular flexibility index (Phi) is 16.3. The van der Waals surface area contributed by atoms with Gasteiger partial charge in [-0.3, -0.25) is 0 Å². The molecule has 0 bridgehead atoms. The fraction of sp³-hybridized carbons (Fsp3) is 0.917. The maximum Gasteiger partial charge on any atom is 0.0264 e. The van der Waals surface area contributed by atoms with Crippen LogP contribution in [0.2, 0.25) is 0 Å². The molecule has 4 nitrogen and oxygen atoms in total. The van der Waals surface area contributed by atoms with Crippen molar-refractivity contribution in [1.82, 2.24) is 5.32 Å². The molecule has 0 aliphatic heterocycles. The lowest BCUT2D eigenvalue weighted by Gasteiger charge is -2.68. The van der Waals surface area contributed by atoms with Gasteiger partial charge in [0.15, 0.2) is 0 Å². The molecule has 9 atom stereocenters. The molecule has 3 saturated carbocycles. The van der Waals surface area contributed by atoms with E-state index in [0.717, 1.165) is 50.6 Å². The van der Waals surface area contributed by atoms with E-state index in [1.165, 1.54) is 141 Å². The SMILES string of the molecule is C=C(CC1CCC2(C)C(=CCC3[C@]2(C)CCC2(C)[C@@]3(N)CC[C@]2(N)[C@H](C)CCCC(C)C)C1)NCCCCCCCCCCCCCC(CC)CN. The van der Waals surface area contributed by atoms with Gasteiger partial charge in [0.2, 0.25) is 0 Å². The molecule has 4 rings (SSSR count). The summed E-state index contributed by atoms with van der Waals surface area (Å²) in [5.41, 5.74) is 24.4. The second-order valence-electron chi connectivity index (χ2n) is 20.4. The molecule has 4 aliphatic rings. The van der Waals surface area contributed by atoms with Crippen molar-refractivity contribution in [3.8, 4) is 0 Å². The van der Waals surface area contributed by atoms with Gasteiger partial charge < -0.3 is 22.5 Å². The number of fused-ring (bicyclic) bond motifs is 5. The Morgan fingerprint density at radius 2 is 1.44 bits per heavy atom. The minimum Gasteiger partial charge on any atom is -0.389 e. The van der Waals surface area contributed by atoms with E-state index in [-0.39, 0.29) is 27.3 Å². The zero-order valence-electron chi connectivity index (χ0n) is 36.0. The average molecular weight is 723 g/mol. The van der Waals surface area contributed by atoms with Gasteiger partial charge in [-0.15, -0.1) is 0 Å². The van der Waals surface area contributed by atoms with Gasteiger partial charge in [-0.05, 0) is 124 Å². The number of rotatable bonds is 24. The summed E-state index contributed by atoms with van der Waals surface area (Å²) in [4.78, 5) is 0. The monoisotopic (exact) mass is 723 g/mol. The molecule has 4 heteroatoms. The van der Waals surface area contributed by atoms with Gasteiger partial charge in [0, 0.05) is 28.7 Å². The Labute approximate surface area is 324 Å². The summed E-state index contributed by atoms with van der Waals surface area (Å²) in [5.74, 6) is 3.28. The van der Waals surface area contributed by atoms with Crippen molar-refractivity contribution in [2.45, 2.75) is 220 Å². The van der Waals surface area contributed by atoms with Gasteiger partial charge >= 0.3 is 0 Å². The minimum atomic E-state index is -0.176. The van der Waals surface area contributed by atoms with Crippen LogP contribution < -0.4 is 22.5 Å². The average Bonchev–Trinajstić information content (AvgIpc) is 3.33. The third kappa shape index (κ3) is 9.40. The van der Waals surface area contributed by atoms with Crippen molar-refractivity contribution in [3.63, 3.8) is 0 Å². The van der Waals surface area contributed by atoms with Crippen molar-refractivity contribution in [2.24, 2.45) is 63.0 Å². The van der Waals surface area contributed by atoms with Crippen LogP contribution in [0.4, 0.5) is 0 Å². The van der Waals surface area contributed by atoms with Gasteiger partial charge in [0.25, 0.3) is 0 Å². The summed E-state index contributed by atoms with van der Waals surface area (Å²) in [7, 11) is 0. The van der Waals surface area contributed by atoms with Gasteiger partial charge in [0.1, 0.15) is 0 Å². The highest BCUT2D eigenvalue weighted by atomic mass is 15.0. The molecule has 52 heavy (non-hydrogen) atoms. The quantitative estimate of drug-likeness (QED) is 0.0590. The number of hydrogen-bond donors (Lipinski definition) is 4. The van der Waals surface area contributed by atoms with Crippen molar-refractivity contribution >= 4 is 0 Å². The molecule has 4 aliphatic carbocycles. The number of nitrogens with two attached hydrogens (primary N) is 3. The normalized spacial score (nSPS) is 35.4. The van der Waals surface area contributed by atoms with E-state index < -0.39 is 0 Å². The van der Waals surface area contributed by atoms with Gasteiger partial charge in [-0.1, -0.05) is 150 Å². The maximum atomic E-state index is 7.81. The van der Waals surface area contributed by atoms with Crippen LogP contribution in [0.15, 0.2) is 23.9 Å². The number of nitrogens with one attached hydrogen (secondary N) is 1. The molecule has 0 aromatic rings. The van der Waals surface area contributed by atoms with Crippen LogP contribution in [-0.4, -0.2) is 24.2 Å². The van der Waals surface area contributed by atoms with E-state index in [1.807, 2.05) is 0 Å². The third-order valence-corrected chi connectivity index (χ3v) is 17.1. The van der Waals surface area contributed by atoms with Crippen molar-refractivity contribution in [3.05, 3.63) is 23.9 Å². The smallest absolute Gasteiger partial charge is 0.0264 e. The van der Waals surface area contributed by atoms with Crippen LogP contribution in [0.3, 0.4) is 0 Å². The van der Waals surface area contributed by atoms with Gasteiger partial charge in [-0.2, -0.15) is 0 Å².